The molecule has 0 fully saturated rings. The summed E-state index contributed by atoms with van der Waals surface area (Å²) in [5.74, 6) is -1.94. The lowest BCUT2D eigenvalue weighted by molar-refractivity contribution is -0.141. The van der Waals surface area contributed by atoms with Crippen molar-refractivity contribution in [2.45, 2.75) is 78.0 Å². The number of nitrogens with one attached hydrogen (secondary N) is 2. The number of hydrogen-bond donors (Lipinski definition) is 6. The van der Waals surface area contributed by atoms with Crippen molar-refractivity contribution in [3.05, 3.63) is 101 Å². The largest absolute Gasteiger partial charge is 0.480 e. The van der Waals surface area contributed by atoms with Crippen LogP contribution in [0, 0.1) is 5.41 Å². The number of anilines is 1. The van der Waals surface area contributed by atoms with E-state index in [-0.39, 0.29) is 43.1 Å². The molecule has 1 aromatic heterocycles. The number of alkyl halides is 3. The van der Waals surface area contributed by atoms with Gasteiger partial charge >= 0.3 is 12.1 Å². The van der Waals surface area contributed by atoms with Gasteiger partial charge in [0.25, 0.3) is 5.91 Å². The number of carbonyl (C=O) groups is 2. The van der Waals surface area contributed by atoms with Crippen molar-refractivity contribution >= 4 is 39.2 Å². The average Bonchev–Trinajstić information content (AvgIpc) is 3.38. The van der Waals surface area contributed by atoms with Crippen LogP contribution in [0.3, 0.4) is 0 Å². The van der Waals surface area contributed by atoms with Gasteiger partial charge in [0.1, 0.15) is 0 Å². The van der Waals surface area contributed by atoms with Crippen molar-refractivity contribution in [2.75, 3.05) is 16.6 Å². The summed E-state index contributed by atoms with van der Waals surface area (Å²) >= 11 is 0. The Labute approximate surface area is 296 Å². The molecule has 0 saturated carbocycles. The van der Waals surface area contributed by atoms with Crippen LogP contribution in [0.2, 0.25) is 0 Å². The van der Waals surface area contributed by atoms with Gasteiger partial charge in [-0.2, -0.15) is 13.2 Å². The Kier molecular flexibility index (Phi) is 11.1. The molecule has 2 heterocycles. The topological polar surface area (TPSA) is 147 Å². The van der Waals surface area contributed by atoms with Crippen LogP contribution in [0.4, 0.5) is 18.9 Å². The van der Waals surface area contributed by atoms with E-state index < -0.39 is 58.0 Å². The van der Waals surface area contributed by atoms with Crippen molar-refractivity contribution in [3.63, 3.8) is 0 Å². The highest BCUT2D eigenvalue weighted by molar-refractivity contribution is 8.25. The van der Waals surface area contributed by atoms with Crippen molar-refractivity contribution in [3.8, 4) is 0 Å². The number of benzene rings is 3. The minimum Gasteiger partial charge on any atom is -0.480 e. The van der Waals surface area contributed by atoms with Crippen molar-refractivity contribution in [2.24, 2.45) is 5.41 Å². The smallest absolute Gasteiger partial charge is 0.416 e. The third-order valence-electron chi connectivity index (χ3n) is 9.14. The summed E-state index contributed by atoms with van der Waals surface area (Å²) < 4.78 is 65.7. The summed E-state index contributed by atoms with van der Waals surface area (Å²) in [6, 6.07) is 15.0. The zero-order valence-corrected chi connectivity index (χ0v) is 29.8. The predicted molar refractivity (Wildman–Crippen MR) is 193 cm³/mol. The first-order chi connectivity index (χ1) is 23.9. The molecule has 276 valence electrons. The lowest BCUT2D eigenvalue weighted by atomic mass is 9.86. The molecule has 3 aromatic carbocycles. The number of nitrogens with zero attached hydrogens (tertiary/aromatic N) is 2. The second-order valence-electron chi connectivity index (χ2n) is 14.0. The molecular weight excluding hydrogens is 685 g/mol. The molecular formula is C37H45F3N4O6S. The van der Waals surface area contributed by atoms with Crippen LogP contribution in [0.1, 0.15) is 60.3 Å². The van der Waals surface area contributed by atoms with E-state index in [0.29, 0.717) is 22.9 Å². The normalized spacial score (nSPS) is 17.0. The summed E-state index contributed by atoms with van der Waals surface area (Å²) in [5.41, 5.74) is 1.30. The van der Waals surface area contributed by atoms with Gasteiger partial charge in [0.2, 0.25) is 0 Å². The SMILES string of the molecule is CCc1cn2c3c(cc(C(=O)N[C@@H](Cc4ccccc4)[C@H](O)CNCc4cccc(C(F)(F)F)c4)cc13)N(C(C(=O)O)C(C)(C)C)S(O)(O)CC2. The first kappa shape index (κ1) is 38.2. The number of carboxylic acid groups (broad SMARTS) is 1. The van der Waals surface area contributed by atoms with E-state index in [9.17, 15) is 42.1 Å². The van der Waals surface area contributed by atoms with E-state index in [1.165, 1.54) is 16.4 Å². The molecule has 10 nitrogen and oxygen atoms in total. The second-order valence-corrected chi connectivity index (χ2v) is 16.1. The number of aryl methyl sites for hydroxylation is 2. The third kappa shape index (κ3) is 8.53. The Hall–Kier alpha value is -4.08. The second kappa shape index (κ2) is 14.9. The Morgan fingerprint density at radius 3 is 2.29 bits per heavy atom. The summed E-state index contributed by atoms with van der Waals surface area (Å²) in [4.78, 5) is 26.9. The zero-order chi connectivity index (χ0) is 37.3. The van der Waals surface area contributed by atoms with E-state index in [1.54, 1.807) is 32.9 Å². The fourth-order valence-corrected chi connectivity index (χ4v) is 8.46. The number of aliphatic carboxylic acids is 1. The molecule has 0 radical (unpaired) electrons. The molecule has 0 saturated heterocycles. The number of carbonyl (C=O) groups excluding carboxylic acids is 1. The number of halogens is 3. The number of amides is 1. The first-order valence-corrected chi connectivity index (χ1v) is 18.4. The van der Waals surface area contributed by atoms with Gasteiger partial charge in [-0.3, -0.25) is 18.2 Å². The molecule has 1 aliphatic heterocycles. The van der Waals surface area contributed by atoms with Crippen molar-refractivity contribution in [1.82, 2.24) is 15.2 Å². The highest BCUT2D eigenvalue weighted by Crippen LogP contribution is 2.54. The molecule has 1 amide bonds. The summed E-state index contributed by atoms with van der Waals surface area (Å²) in [6.45, 7) is 7.28. The predicted octanol–water partition coefficient (Wildman–Crippen LogP) is 6.70. The molecule has 6 N–H and O–H groups in total. The van der Waals surface area contributed by atoms with E-state index in [4.69, 9.17) is 0 Å². The molecule has 51 heavy (non-hydrogen) atoms. The number of rotatable bonds is 12. The first-order valence-electron chi connectivity index (χ1n) is 16.7. The molecule has 1 unspecified atom stereocenters. The fraction of sp³-hybridized carbons (Fsp3) is 0.405. The maximum atomic E-state index is 14.2. The minimum atomic E-state index is -4.49. The Morgan fingerprint density at radius 2 is 1.67 bits per heavy atom. The molecule has 0 spiro atoms. The highest BCUT2D eigenvalue weighted by atomic mass is 32.3. The van der Waals surface area contributed by atoms with Gasteiger partial charge in [0, 0.05) is 36.8 Å². The minimum absolute atomic E-state index is 0.0462. The molecule has 3 atom stereocenters. The highest BCUT2D eigenvalue weighted by Gasteiger charge is 2.45. The van der Waals surface area contributed by atoms with Gasteiger partial charge in [0.05, 0.1) is 34.7 Å². The molecule has 0 aliphatic carbocycles. The monoisotopic (exact) mass is 730 g/mol. The molecule has 0 bridgehead atoms. The van der Waals surface area contributed by atoms with Gasteiger partial charge in [-0.15, -0.1) is 10.8 Å². The van der Waals surface area contributed by atoms with Crippen LogP contribution in [0.5, 0.6) is 0 Å². The number of aliphatic hydroxyl groups is 1. The maximum absolute atomic E-state index is 14.2. The Bertz CT molecular complexity index is 1880. The van der Waals surface area contributed by atoms with E-state index in [2.05, 4.69) is 10.6 Å². The molecule has 5 rings (SSSR count). The van der Waals surface area contributed by atoms with Gasteiger partial charge in [0.15, 0.2) is 6.04 Å². The lowest BCUT2D eigenvalue weighted by Gasteiger charge is -2.49. The van der Waals surface area contributed by atoms with Crippen LogP contribution in [-0.2, 0) is 36.9 Å². The Morgan fingerprint density at radius 1 is 0.980 bits per heavy atom. The number of aliphatic hydroxyl groups excluding tert-OH is 1. The third-order valence-corrected chi connectivity index (χ3v) is 10.9. The van der Waals surface area contributed by atoms with Crippen LogP contribution >= 0.6 is 10.8 Å². The maximum Gasteiger partial charge on any atom is 0.416 e. The Balaban J connectivity index is 1.49. The standard InChI is InChI=1S/C37H45F3N4O6S/c1-5-25-22-43-14-15-51(49,50)44(33(35(47)48)36(2,3)4)30-19-26(18-28(25)32(30)43)34(46)42-29(17-23-10-7-6-8-11-23)31(45)21-41-20-24-12-9-13-27(16-24)37(38,39)40/h6-13,16,18-19,22,29,31,33,41,45,49-50H,5,14-15,17,20-21H2,1-4H3,(H,42,46)(H,47,48)/t29-,31+,33?/m0/s1. The van der Waals surface area contributed by atoms with Crippen molar-refractivity contribution in [1.29, 1.82) is 0 Å². The lowest BCUT2D eigenvalue weighted by Crippen LogP contribution is -2.51. The molecule has 4 aromatic rings. The fourth-order valence-electron chi connectivity index (χ4n) is 6.62. The van der Waals surface area contributed by atoms with E-state index in [1.807, 2.05) is 48.0 Å². The van der Waals surface area contributed by atoms with Crippen LogP contribution in [0.25, 0.3) is 10.9 Å². The number of carboxylic acids is 1. The van der Waals surface area contributed by atoms with Crippen LogP contribution in [-0.4, -0.2) is 66.2 Å². The van der Waals surface area contributed by atoms with Crippen LogP contribution in [0.15, 0.2) is 72.9 Å². The van der Waals surface area contributed by atoms with Gasteiger partial charge < -0.3 is 25.4 Å². The molecule has 1 aliphatic rings. The number of hydrogen-bond acceptors (Lipinski definition) is 7. The zero-order valence-electron chi connectivity index (χ0n) is 28.9. The molecule has 14 heteroatoms. The van der Waals surface area contributed by atoms with Gasteiger partial charge in [-0.05, 0) is 53.1 Å². The van der Waals surface area contributed by atoms with Gasteiger partial charge in [-0.25, -0.2) is 4.79 Å². The van der Waals surface area contributed by atoms with Crippen molar-refractivity contribution < 1.29 is 42.1 Å². The van der Waals surface area contributed by atoms with Crippen LogP contribution < -0.4 is 14.9 Å². The van der Waals surface area contributed by atoms with E-state index in [0.717, 1.165) is 23.3 Å². The average molecular weight is 731 g/mol. The summed E-state index contributed by atoms with van der Waals surface area (Å²) in [5, 5.41) is 28.4. The summed E-state index contributed by atoms with van der Waals surface area (Å²) in [7, 11) is -3.67. The van der Waals surface area contributed by atoms with E-state index >= 15 is 0 Å². The van der Waals surface area contributed by atoms with Gasteiger partial charge in [-0.1, -0.05) is 76.2 Å². The quantitative estimate of drug-likeness (QED) is 0.0945. The number of aromatic nitrogens is 1. The summed E-state index contributed by atoms with van der Waals surface area (Å²) in [6.07, 6.45) is -2.95.